The summed E-state index contributed by atoms with van der Waals surface area (Å²) >= 11 is 0. The molecule has 0 fully saturated rings. The maximum atomic E-state index is 12.4. The summed E-state index contributed by atoms with van der Waals surface area (Å²) in [5.74, 6) is -2.07. The Labute approximate surface area is 132 Å². The van der Waals surface area contributed by atoms with E-state index >= 15 is 0 Å². The van der Waals surface area contributed by atoms with E-state index in [1.54, 1.807) is 0 Å². The van der Waals surface area contributed by atoms with Gasteiger partial charge in [0, 0.05) is 12.8 Å². The molecule has 0 rings (SSSR count). The Morgan fingerprint density at radius 3 is 2.09 bits per heavy atom. The number of esters is 1. The Bertz CT molecular complexity index is 398. The van der Waals surface area contributed by atoms with Crippen LogP contribution in [0, 0.1) is 17.3 Å². The number of carboxylic acid groups (broad SMARTS) is 1. The van der Waals surface area contributed by atoms with Gasteiger partial charge in [-0.1, -0.05) is 34.6 Å². The highest BCUT2D eigenvalue weighted by atomic mass is 16.5. The van der Waals surface area contributed by atoms with E-state index in [1.165, 1.54) is 6.92 Å². The number of hydrogen-bond donors (Lipinski definition) is 2. The summed E-state index contributed by atoms with van der Waals surface area (Å²) in [6, 6.07) is -0.368. The maximum absolute atomic E-state index is 12.4. The van der Waals surface area contributed by atoms with E-state index in [0.717, 1.165) is 0 Å². The molecule has 0 aliphatic heterocycles. The summed E-state index contributed by atoms with van der Waals surface area (Å²) in [5.41, 5.74) is -0.309. The molecule has 6 heteroatoms. The van der Waals surface area contributed by atoms with Gasteiger partial charge in [-0.15, -0.1) is 0 Å². The van der Waals surface area contributed by atoms with E-state index in [2.05, 4.69) is 5.32 Å². The van der Waals surface area contributed by atoms with Gasteiger partial charge in [0.15, 0.2) is 0 Å². The van der Waals surface area contributed by atoms with Crippen molar-refractivity contribution >= 4 is 17.8 Å². The van der Waals surface area contributed by atoms with Gasteiger partial charge in [-0.05, 0) is 17.8 Å². The molecular formula is C16H29NO5. The van der Waals surface area contributed by atoms with Gasteiger partial charge in [0.1, 0.15) is 6.61 Å². The molecule has 0 saturated heterocycles. The van der Waals surface area contributed by atoms with Crippen LogP contribution in [-0.4, -0.2) is 35.6 Å². The zero-order valence-electron chi connectivity index (χ0n) is 14.4. The summed E-state index contributed by atoms with van der Waals surface area (Å²) in [6.45, 7) is 11.1. The number of ether oxygens (including phenoxy) is 1. The first-order valence-electron chi connectivity index (χ1n) is 7.59. The molecule has 2 atom stereocenters. The molecule has 0 aliphatic rings. The van der Waals surface area contributed by atoms with Crippen LogP contribution in [0.1, 0.15) is 54.4 Å². The molecule has 0 aromatic carbocycles. The van der Waals surface area contributed by atoms with Crippen LogP contribution < -0.4 is 5.32 Å². The molecule has 0 unspecified atom stereocenters. The van der Waals surface area contributed by atoms with E-state index in [-0.39, 0.29) is 36.3 Å². The van der Waals surface area contributed by atoms with Crippen LogP contribution in [0.4, 0.5) is 0 Å². The van der Waals surface area contributed by atoms with Crippen molar-refractivity contribution in [2.75, 3.05) is 6.61 Å². The third-order valence-corrected chi connectivity index (χ3v) is 3.36. The molecule has 2 N–H and O–H groups in total. The van der Waals surface area contributed by atoms with Gasteiger partial charge in [0.05, 0.1) is 12.5 Å². The topological polar surface area (TPSA) is 92.7 Å². The van der Waals surface area contributed by atoms with Crippen LogP contribution in [0.2, 0.25) is 0 Å². The van der Waals surface area contributed by atoms with E-state index in [1.807, 2.05) is 34.6 Å². The molecule has 0 aliphatic carbocycles. The van der Waals surface area contributed by atoms with Gasteiger partial charge in [-0.2, -0.15) is 0 Å². The molecule has 0 saturated carbocycles. The van der Waals surface area contributed by atoms with Crippen LogP contribution in [0.15, 0.2) is 0 Å². The van der Waals surface area contributed by atoms with Crippen LogP contribution in [0.3, 0.4) is 0 Å². The predicted octanol–water partition coefficient (Wildman–Crippen LogP) is 2.22. The predicted molar refractivity (Wildman–Crippen MR) is 83.2 cm³/mol. The smallest absolute Gasteiger partial charge is 0.304 e. The standard InChI is InChI=1S/C16H29NO5/c1-10(2)7-12(8-14(19)20)15(21)17-13(16(4,5)6)9-22-11(3)18/h10,12-13H,7-9H2,1-6H3,(H,17,21)(H,19,20)/t12-,13-/m1/s1. The molecule has 0 aromatic heterocycles. The lowest BCUT2D eigenvalue weighted by Gasteiger charge is -2.32. The zero-order valence-corrected chi connectivity index (χ0v) is 14.4. The Morgan fingerprint density at radius 2 is 1.73 bits per heavy atom. The fourth-order valence-electron chi connectivity index (χ4n) is 2.06. The molecule has 1 amide bonds. The van der Waals surface area contributed by atoms with Gasteiger partial charge in [0.25, 0.3) is 0 Å². The van der Waals surface area contributed by atoms with Crippen molar-refractivity contribution in [1.82, 2.24) is 5.32 Å². The summed E-state index contributed by atoms with van der Waals surface area (Å²) in [7, 11) is 0. The SMILES string of the molecule is CC(=O)OC[C@@H](NC(=O)[C@@H](CC(=O)O)CC(C)C)C(C)(C)C. The fourth-order valence-corrected chi connectivity index (χ4v) is 2.06. The van der Waals surface area contributed by atoms with Crippen LogP contribution in [-0.2, 0) is 19.1 Å². The van der Waals surface area contributed by atoms with Crippen molar-refractivity contribution in [2.24, 2.45) is 17.3 Å². The summed E-state index contributed by atoms with van der Waals surface area (Å²) in [6.07, 6.45) is 0.303. The first-order valence-corrected chi connectivity index (χ1v) is 7.59. The highest BCUT2D eigenvalue weighted by Gasteiger charge is 2.31. The second kappa shape index (κ2) is 8.76. The molecule has 128 valence electrons. The van der Waals surface area contributed by atoms with Gasteiger partial charge < -0.3 is 15.2 Å². The normalized spacial score (nSPS) is 14.3. The number of rotatable bonds is 8. The van der Waals surface area contributed by atoms with E-state index in [4.69, 9.17) is 9.84 Å². The van der Waals surface area contributed by atoms with Crippen molar-refractivity contribution in [1.29, 1.82) is 0 Å². The lowest BCUT2D eigenvalue weighted by atomic mass is 9.86. The molecular weight excluding hydrogens is 286 g/mol. The Morgan fingerprint density at radius 1 is 1.18 bits per heavy atom. The average molecular weight is 315 g/mol. The van der Waals surface area contributed by atoms with Gasteiger partial charge >= 0.3 is 11.9 Å². The highest BCUT2D eigenvalue weighted by molar-refractivity contribution is 5.83. The van der Waals surface area contributed by atoms with Crippen molar-refractivity contribution in [2.45, 2.75) is 60.4 Å². The first kappa shape index (κ1) is 20.4. The van der Waals surface area contributed by atoms with Crippen LogP contribution in [0.25, 0.3) is 0 Å². The van der Waals surface area contributed by atoms with Crippen molar-refractivity contribution < 1.29 is 24.2 Å². The Kier molecular flexibility index (Phi) is 8.12. The van der Waals surface area contributed by atoms with Crippen molar-refractivity contribution in [3.63, 3.8) is 0 Å². The number of hydrogen-bond acceptors (Lipinski definition) is 4. The first-order chi connectivity index (χ1) is 9.93. The van der Waals surface area contributed by atoms with Crippen molar-refractivity contribution in [3.05, 3.63) is 0 Å². The lowest BCUT2D eigenvalue weighted by Crippen LogP contribution is -2.49. The zero-order chi connectivity index (χ0) is 17.5. The van der Waals surface area contributed by atoms with Gasteiger partial charge in [0.2, 0.25) is 5.91 Å². The van der Waals surface area contributed by atoms with Gasteiger partial charge in [-0.3, -0.25) is 14.4 Å². The Hall–Kier alpha value is -1.59. The molecule has 0 bridgehead atoms. The van der Waals surface area contributed by atoms with Crippen LogP contribution >= 0.6 is 0 Å². The summed E-state index contributed by atoms with van der Waals surface area (Å²) in [4.78, 5) is 34.3. The van der Waals surface area contributed by atoms with Crippen molar-refractivity contribution in [3.8, 4) is 0 Å². The third kappa shape index (κ3) is 8.64. The van der Waals surface area contributed by atoms with E-state index in [9.17, 15) is 14.4 Å². The van der Waals surface area contributed by atoms with E-state index < -0.39 is 17.9 Å². The minimum absolute atomic E-state index is 0.0754. The second-order valence-electron chi connectivity index (χ2n) is 7.15. The number of aliphatic carboxylic acids is 1. The average Bonchev–Trinajstić information content (AvgIpc) is 2.30. The lowest BCUT2D eigenvalue weighted by molar-refractivity contribution is -0.144. The largest absolute Gasteiger partial charge is 0.481 e. The molecule has 22 heavy (non-hydrogen) atoms. The second-order valence-corrected chi connectivity index (χ2v) is 7.15. The number of amides is 1. The number of carbonyl (C=O) groups is 3. The number of nitrogens with one attached hydrogen (secondary N) is 1. The minimum atomic E-state index is -0.993. The quantitative estimate of drug-likeness (QED) is 0.670. The minimum Gasteiger partial charge on any atom is -0.481 e. The fraction of sp³-hybridized carbons (Fsp3) is 0.812. The van der Waals surface area contributed by atoms with Gasteiger partial charge in [-0.25, -0.2) is 0 Å². The summed E-state index contributed by atoms with van der Waals surface area (Å²) in [5, 5.41) is 11.8. The molecule has 0 radical (unpaired) electrons. The number of carbonyl (C=O) groups excluding carboxylic acids is 2. The van der Waals surface area contributed by atoms with E-state index in [0.29, 0.717) is 6.42 Å². The molecule has 0 heterocycles. The molecule has 0 aromatic rings. The highest BCUT2D eigenvalue weighted by Crippen LogP contribution is 2.22. The molecule has 6 nitrogen and oxygen atoms in total. The monoisotopic (exact) mass is 315 g/mol. The molecule has 0 spiro atoms. The summed E-state index contributed by atoms with van der Waals surface area (Å²) < 4.78 is 5.00. The maximum Gasteiger partial charge on any atom is 0.304 e. The van der Waals surface area contributed by atoms with Crippen LogP contribution in [0.5, 0.6) is 0 Å². The Balaban J connectivity index is 4.93. The number of carboxylic acids is 1. The third-order valence-electron chi connectivity index (χ3n) is 3.36.